The van der Waals surface area contributed by atoms with Gasteiger partial charge in [0, 0.05) is 19.3 Å². The van der Waals surface area contributed by atoms with Gasteiger partial charge in [-0.25, -0.2) is 0 Å². The second-order valence-corrected chi connectivity index (χ2v) is 17.8. The normalized spacial score (nSPS) is 12.5. The van der Waals surface area contributed by atoms with Gasteiger partial charge in [0.05, 0.1) is 0 Å². The maximum atomic E-state index is 12.8. The Morgan fingerprint density at radius 1 is 0.333 bits per heavy atom. The molecule has 0 aromatic rings. The standard InChI is InChI=1S/C57H100O6/c1-4-7-10-13-16-19-22-25-28-29-30-33-35-38-41-44-47-50-56(59)62-53-54(63-57(60)51-48-45-42-39-36-32-27-24-21-18-15-12-9-6-3)52-61-55(58)49-46-43-40-37-34-31-26-23-20-17-14-11-8-5-2/h7,10,16,19,25,28,30,33,38,41,54H,4-6,8-9,11-15,17-18,20-24,26-27,29,31-32,34-37,39-40,42-53H2,1-3H3/b10-7-,19-16-,28-25-,33-30-,41-38-. The van der Waals surface area contributed by atoms with Gasteiger partial charge >= 0.3 is 17.9 Å². The quantitative estimate of drug-likeness (QED) is 0.0262. The van der Waals surface area contributed by atoms with Gasteiger partial charge in [0.2, 0.25) is 0 Å². The molecule has 0 heterocycles. The predicted octanol–water partition coefficient (Wildman–Crippen LogP) is 17.6. The van der Waals surface area contributed by atoms with E-state index in [0.29, 0.717) is 19.3 Å². The molecule has 0 fully saturated rings. The lowest BCUT2D eigenvalue weighted by atomic mass is 10.0. The topological polar surface area (TPSA) is 78.9 Å². The summed E-state index contributed by atoms with van der Waals surface area (Å²) in [6, 6.07) is 0. The van der Waals surface area contributed by atoms with Gasteiger partial charge in [0.15, 0.2) is 6.10 Å². The van der Waals surface area contributed by atoms with Crippen LogP contribution in [0.3, 0.4) is 0 Å². The fraction of sp³-hybridized carbons (Fsp3) is 0.772. The summed E-state index contributed by atoms with van der Waals surface area (Å²) in [4.78, 5) is 38.0. The minimum Gasteiger partial charge on any atom is -0.462 e. The minimum atomic E-state index is -0.792. The molecule has 0 aromatic carbocycles. The second kappa shape index (κ2) is 51.7. The average molecular weight is 881 g/mol. The molecule has 1 atom stereocenters. The third-order valence-electron chi connectivity index (χ3n) is 11.5. The van der Waals surface area contributed by atoms with Gasteiger partial charge in [-0.3, -0.25) is 14.4 Å². The summed E-state index contributed by atoms with van der Waals surface area (Å²) in [5.74, 6) is -0.939. The Kier molecular flexibility index (Phi) is 49.4. The van der Waals surface area contributed by atoms with Gasteiger partial charge in [-0.2, -0.15) is 0 Å². The van der Waals surface area contributed by atoms with E-state index in [1.807, 2.05) is 0 Å². The molecule has 0 aliphatic carbocycles. The summed E-state index contributed by atoms with van der Waals surface area (Å²) in [7, 11) is 0. The molecule has 6 nitrogen and oxygen atoms in total. The highest BCUT2D eigenvalue weighted by Gasteiger charge is 2.19. The van der Waals surface area contributed by atoms with Gasteiger partial charge in [-0.1, -0.05) is 248 Å². The Labute approximate surface area is 390 Å². The maximum absolute atomic E-state index is 12.8. The molecule has 0 spiro atoms. The second-order valence-electron chi connectivity index (χ2n) is 17.8. The Hall–Kier alpha value is -2.89. The van der Waals surface area contributed by atoms with Crippen molar-refractivity contribution in [2.75, 3.05) is 13.2 Å². The van der Waals surface area contributed by atoms with Crippen molar-refractivity contribution in [1.82, 2.24) is 0 Å². The molecular formula is C57H100O6. The number of allylic oxidation sites excluding steroid dienone is 10. The van der Waals surface area contributed by atoms with Crippen molar-refractivity contribution < 1.29 is 28.6 Å². The van der Waals surface area contributed by atoms with Crippen LogP contribution in [0.1, 0.15) is 265 Å². The number of hydrogen-bond acceptors (Lipinski definition) is 6. The van der Waals surface area contributed by atoms with Crippen LogP contribution in [0.25, 0.3) is 0 Å². The molecule has 0 aliphatic heterocycles. The number of carbonyl (C=O) groups is 3. The Morgan fingerprint density at radius 2 is 0.619 bits per heavy atom. The van der Waals surface area contributed by atoms with E-state index in [1.54, 1.807) is 0 Å². The van der Waals surface area contributed by atoms with Crippen LogP contribution in [0.2, 0.25) is 0 Å². The van der Waals surface area contributed by atoms with Crippen molar-refractivity contribution in [1.29, 1.82) is 0 Å². The lowest BCUT2D eigenvalue weighted by molar-refractivity contribution is -0.167. The molecule has 0 saturated heterocycles. The van der Waals surface area contributed by atoms with Crippen LogP contribution in [0.5, 0.6) is 0 Å². The molecule has 1 unspecified atom stereocenters. The highest BCUT2D eigenvalue weighted by atomic mass is 16.6. The average Bonchev–Trinajstić information content (AvgIpc) is 3.28. The molecule has 0 rings (SSSR count). The van der Waals surface area contributed by atoms with Gasteiger partial charge < -0.3 is 14.2 Å². The molecule has 0 bridgehead atoms. The summed E-state index contributed by atoms with van der Waals surface area (Å²) in [6.45, 7) is 6.50. The molecule has 6 heteroatoms. The van der Waals surface area contributed by atoms with E-state index in [1.165, 1.54) is 141 Å². The van der Waals surface area contributed by atoms with E-state index >= 15 is 0 Å². The molecule has 364 valence electrons. The molecule has 0 N–H and O–H groups in total. The van der Waals surface area contributed by atoms with E-state index in [9.17, 15) is 14.4 Å². The van der Waals surface area contributed by atoms with Crippen LogP contribution in [0.4, 0.5) is 0 Å². The van der Waals surface area contributed by atoms with Gasteiger partial charge in [-0.05, 0) is 57.8 Å². The number of esters is 3. The minimum absolute atomic E-state index is 0.0881. The summed E-state index contributed by atoms with van der Waals surface area (Å²) >= 11 is 0. The van der Waals surface area contributed by atoms with E-state index in [-0.39, 0.29) is 37.5 Å². The first-order valence-corrected chi connectivity index (χ1v) is 26.8. The van der Waals surface area contributed by atoms with Crippen molar-refractivity contribution in [2.45, 2.75) is 271 Å². The maximum Gasteiger partial charge on any atom is 0.306 e. The van der Waals surface area contributed by atoms with E-state index in [2.05, 4.69) is 81.5 Å². The third kappa shape index (κ3) is 50.0. The highest BCUT2D eigenvalue weighted by molar-refractivity contribution is 5.71. The van der Waals surface area contributed by atoms with E-state index in [4.69, 9.17) is 14.2 Å². The molecule has 0 saturated carbocycles. The van der Waals surface area contributed by atoms with Crippen molar-refractivity contribution in [2.24, 2.45) is 0 Å². The van der Waals surface area contributed by atoms with E-state index < -0.39 is 6.10 Å². The molecule has 0 aliphatic rings. The van der Waals surface area contributed by atoms with Gasteiger partial charge in [0.25, 0.3) is 0 Å². The number of carbonyl (C=O) groups excluding carboxylic acids is 3. The summed E-state index contributed by atoms with van der Waals surface area (Å²) in [5.41, 5.74) is 0. The SMILES string of the molecule is CC/C=C\C/C=C\C/C=C\C/C=C\C/C=C\CCCC(=O)OCC(COC(=O)CCCCCCCCCCCCCCCC)OC(=O)CCCCCCCCCCCCCCCC. The molecule has 63 heavy (non-hydrogen) atoms. The monoisotopic (exact) mass is 881 g/mol. The first-order valence-electron chi connectivity index (χ1n) is 26.8. The van der Waals surface area contributed by atoms with Crippen LogP contribution in [0.15, 0.2) is 60.8 Å². The summed E-state index contributed by atoms with van der Waals surface area (Å²) in [6.07, 6.45) is 63.5. The smallest absolute Gasteiger partial charge is 0.306 e. The van der Waals surface area contributed by atoms with Crippen molar-refractivity contribution >= 4 is 17.9 Å². The van der Waals surface area contributed by atoms with Crippen LogP contribution in [-0.4, -0.2) is 37.2 Å². The van der Waals surface area contributed by atoms with Gasteiger partial charge in [-0.15, -0.1) is 0 Å². The molecule has 0 aromatic heterocycles. The fourth-order valence-electron chi connectivity index (χ4n) is 7.54. The number of rotatable bonds is 48. The molecule has 0 radical (unpaired) electrons. The zero-order valence-electron chi connectivity index (χ0n) is 41.6. The van der Waals surface area contributed by atoms with Gasteiger partial charge in [0.1, 0.15) is 13.2 Å². The predicted molar refractivity (Wildman–Crippen MR) is 270 cm³/mol. The zero-order valence-corrected chi connectivity index (χ0v) is 41.6. The van der Waals surface area contributed by atoms with Crippen LogP contribution >= 0.6 is 0 Å². The molecule has 0 amide bonds. The Balaban J connectivity index is 4.44. The van der Waals surface area contributed by atoms with E-state index in [0.717, 1.165) is 77.0 Å². The summed E-state index contributed by atoms with van der Waals surface area (Å²) < 4.78 is 16.8. The van der Waals surface area contributed by atoms with Crippen LogP contribution in [0, 0.1) is 0 Å². The van der Waals surface area contributed by atoms with Crippen LogP contribution < -0.4 is 0 Å². The first kappa shape index (κ1) is 60.1. The number of hydrogen-bond donors (Lipinski definition) is 0. The Bertz CT molecular complexity index is 1150. The summed E-state index contributed by atoms with van der Waals surface area (Å²) in [5, 5.41) is 0. The molecular weight excluding hydrogens is 781 g/mol. The third-order valence-corrected chi connectivity index (χ3v) is 11.5. The number of unbranched alkanes of at least 4 members (excludes halogenated alkanes) is 27. The fourth-order valence-corrected chi connectivity index (χ4v) is 7.54. The van der Waals surface area contributed by atoms with Crippen molar-refractivity contribution in [3.05, 3.63) is 60.8 Å². The first-order chi connectivity index (χ1) is 31.0. The van der Waals surface area contributed by atoms with Crippen LogP contribution in [-0.2, 0) is 28.6 Å². The van der Waals surface area contributed by atoms with Crippen molar-refractivity contribution in [3.8, 4) is 0 Å². The zero-order chi connectivity index (χ0) is 45.8. The lowest BCUT2D eigenvalue weighted by Crippen LogP contribution is -2.30. The van der Waals surface area contributed by atoms with Crippen molar-refractivity contribution in [3.63, 3.8) is 0 Å². The largest absolute Gasteiger partial charge is 0.462 e. The number of ether oxygens (including phenoxy) is 3. The highest BCUT2D eigenvalue weighted by Crippen LogP contribution is 2.16. The lowest BCUT2D eigenvalue weighted by Gasteiger charge is -2.18. The Morgan fingerprint density at radius 3 is 0.968 bits per heavy atom.